The van der Waals surface area contributed by atoms with E-state index in [1.165, 1.54) is 63.5 Å². The molecular formula is C18H29NOS. The van der Waals surface area contributed by atoms with Gasteiger partial charge in [0.2, 0.25) is 5.91 Å². The van der Waals surface area contributed by atoms with E-state index in [0.29, 0.717) is 11.9 Å². The predicted octanol–water partition coefficient (Wildman–Crippen LogP) is 3.99. The zero-order valence-electron chi connectivity index (χ0n) is 13.3. The number of nitrogens with one attached hydrogen (secondary N) is 1. The molecule has 21 heavy (non-hydrogen) atoms. The summed E-state index contributed by atoms with van der Waals surface area (Å²) < 4.78 is 0. The van der Waals surface area contributed by atoms with E-state index in [-0.39, 0.29) is 5.41 Å². The van der Waals surface area contributed by atoms with Crippen LogP contribution in [0.3, 0.4) is 0 Å². The van der Waals surface area contributed by atoms with Crippen LogP contribution in [0.1, 0.15) is 64.7 Å². The Morgan fingerprint density at radius 3 is 2.24 bits per heavy atom. The molecule has 0 spiro atoms. The van der Waals surface area contributed by atoms with Gasteiger partial charge in [-0.2, -0.15) is 11.8 Å². The molecule has 5 fully saturated rings. The Labute approximate surface area is 133 Å². The van der Waals surface area contributed by atoms with Crippen LogP contribution >= 0.6 is 11.8 Å². The van der Waals surface area contributed by atoms with Gasteiger partial charge < -0.3 is 5.32 Å². The highest BCUT2D eigenvalue weighted by molar-refractivity contribution is 7.99. The molecule has 0 radical (unpaired) electrons. The average molecular weight is 308 g/mol. The largest absolute Gasteiger partial charge is 0.353 e. The van der Waals surface area contributed by atoms with Gasteiger partial charge in [-0.25, -0.2) is 0 Å². The van der Waals surface area contributed by atoms with Gasteiger partial charge in [-0.15, -0.1) is 0 Å². The molecule has 1 N–H and O–H groups in total. The summed E-state index contributed by atoms with van der Waals surface area (Å²) in [7, 11) is 0. The average Bonchev–Trinajstić information content (AvgIpc) is 2.85. The van der Waals surface area contributed by atoms with Crippen LogP contribution in [0.15, 0.2) is 0 Å². The Morgan fingerprint density at radius 1 is 1.05 bits per heavy atom. The molecule has 0 aromatic rings. The zero-order valence-corrected chi connectivity index (χ0v) is 14.1. The molecule has 0 saturated heterocycles. The summed E-state index contributed by atoms with van der Waals surface area (Å²) in [6, 6.07) is 0.467. The van der Waals surface area contributed by atoms with Crippen LogP contribution in [-0.2, 0) is 4.79 Å². The molecule has 0 aromatic heterocycles. The van der Waals surface area contributed by atoms with Gasteiger partial charge in [0.15, 0.2) is 0 Å². The molecule has 5 aliphatic carbocycles. The van der Waals surface area contributed by atoms with E-state index in [4.69, 9.17) is 0 Å². The number of rotatable bonds is 4. The van der Waals surface area contributed by atoms with E-state index in [0.717, 1.165) is 23.0 Å². The highest BCUT2D eigenvalue weighted by Crippen LogP contribution is 2.60. The molecule has 118 valence electrons. The fourth-order valence-electron chi connectivity index (χ4n) is 6.19. The fraction of sp³-hybridized carbons (Fsp3) is 0.944. The van der Waals surface area contributed by atoms with Crippen molar-refractivity contribution in [1.29, 1.82) is 0 Å². The number of amides is 1. The summed E-state index contributed by atoms with van der Waals surface area (Å²) in [5.41, 5.74) is 0.0464. The molecule has 2 atom stereocenters. The lowest BCUT2D eigenvalue weighted by molar-refractivity contribution is -0.147. The van der Waals surface area contributed by atoms with Crippen LogP contribution < -0.4 is 5.32 Å². The summed E-state index contributed by atoms with van der Waals surface area (Å²) in [4.78, 5) is 13.0. The lowest BCUT2D eigenvalue weighted by atomic mass is 9.49. The molecule has 5 aliphatic rings. The van der Waals surface area contributed by atoms with Crippen LogP contribution in [0.25, 0.3) is 0 Å². The predicted molar refractivity (Wildman–Crippen MR) is 88.3 cm³/mol. The molecule has 5 saturated carbocycles. The van der Waals surface area contributed by atoms with Crippen molar-refractivity contribution in [2.75, 3.05) is 5.75 Å². The molecule has 0 unspecified atom stereocenters. The van der Waals surface area contributed by atoms with Crippen molar-refractivity contribution in [3.05, 3.63) is 0 Å². The molecule has 2 nitrogen and oxygen atoms in total. The summed E-state index contributed by atoms with van der Waals surface area (Å²) in [6.45, 7) is 2.24. The Kier molecular flexibility index (Phi) is 3.76. The van der Waals surface area contributed by atoms with E-state index in [9.17, 15) is 4.79 Å². The van der Waals surface area contributed by atoms with Crippen molar-refractivity contribution in [2.45, 2.75) is 76.0 Å². The minimum Gasteiger partial charge on any atom is -0.353 e. The first-order valence-corrected chi connectivity index (χ1v) is 10.1. The third kappa shape index (κ3) is 2.64. The molecule has 0 heterocycles. The monoisotopic (exact) mass is 307 g/mol. The maximum Gasteiger partial charge on any atom is 0.226 e. The van der Waals surface area contributed by atoms with Gasteiger partial charge in [0.25, 0.3) is 0 Å². The van der Waals surface area contributed by atoms with Crippen LogP contribution in [-0.4, -0.2) is 23.0 Å². The van der Waals surface area contributed by atoms with E-state index in [1.807, 2.05) is 0 Å². The van der Waals surface area contributed by atoms with Gasteiger partial charge in [0.05, 0.1) is 0 Å². The Morgan fingerprint density at radius 2 is 1.67 bits per heavy atom. The van der Waals surface area contributed by atoms with Crippen molar-refractivity contribution in [2.24, 2.45) is 23.2 Å². The van der Waals surface area contributed by atoms with E-state index >= 15 is 0 Å². The maximum atomic E-state index is 13.0. The minimum absolute atomic E-state index is 0.0464. The zero-order chi connectivity index (χ0) is 14.4. The smallest absolute Gasteiger partial charge is 0.226 e. The SMILES string of the molecule is CCS[C@@H]1CC[C@H](NC(=O)C23CC4CC(CC(C4)C2)C3)C1. The number of carbonyl (C=O) groups excluding carboxylic acids is 1. The molecular weight excluding hydrogens is 278 g/mol. The Balaban J connectivity index is 1.39. The lowest BCUT2D eigenvalue weighted by Gasteiger charge is -2.55. The fourth-order valence-corrected chi connectivity index (χ4v) is 7.33. The number of hydrogen-bond donors (Lipinski definition) is 1. The lowest BCUT2D eigenvalue weighted by Crippen LogP contribution is -2.55. The molecule has 3 heteroatoms. The first-order chi connectivity index (χ1) is 10.2. The second-order valence-corrected chi connectivity index (χ2v) is 9.84. The third-order valence-electron chi connectivity index (χ3n) is 6.64. The second kappa shape index (κ2) is 5.47. The molecule has 1 amide bonds. The number of carbonyl (C=O) groups is 1. The number of thioether (sulfide) groups is 1. The van der Waals surface area contributed by atoms with Crippen molar-refractivity contribution in [1.82, 2.24) is 5.32 Å². The highest BCUT2D eigenvalue weighted by atomic mass is 32.2. The van der Waals surface area contributed by atoms with Gasteiger partial charge in [0.1, 0.15) is 0 Å². The van der Waals surface area contributed by atoms with E-state index < -0.39 is 0 Å². The Bertz CT molecular complexity index is 386. The topological polar surface area (TPSA) is 29.1 Å². The van der Waals surface area contributed by atoms with Crippen LogP contribution in [0, 0.1) is 23.2 Å². The maximum absolute atomic E-state index is 13.0. The first-order valence-electron chi connectivity index (χ1n) is 9.09. The summed E-state index contributed by atoms with van der Waals surface area (Å²) in [5, 5.41) is 4.26. The Hall–Kier alpha value is -0.180. The standard InChI is InChI=1S/C18H29NOS/c1-2-21-16-4-3-15(8-16)19-17(20)18-9-12-5-13(10-18)7-14(6-12)11-18/h12-16H,2-11H2,1H3,(H,19,20)/t12?,13?,14?,15-,16+,18?/m0/s1. The van der Waals surface area contributed by atoms with Gasteiger partial charge in [-0.1, -0.05) is 6.92 Å². The van der Waals surface area contributed by atoms with E-state index in [1.54, 1.807) is 0 Å². The van der Waals surface area contributed by atoms with Crippen molar-refractivity contribution < 1.29 is 4.79 Å². The van der Waals surface area contributed by atoms with Gasteiger partial charge in [-0.3, -0.25) is 4.79 Å². The first kappa shape index (κ1) is 14.4. The van der Waals surface area contributed by atoms with Gasteiger partial charge in [-0.05, 0) is 81.3 Å². The molecule has 0 aliphatic heterocycles. The van der Waals surface area contributed by atoms with Crippen LogP contribution in [0.4, 0.5) is 0 Å². The van der Waals surface area contributed by atoms with Crippen molar-refractivity contribution >= 4 is 17.7 Å². The summed E-state index contributed by atoms with van der Waals surface area (Å²) >= 11 is 2.08. The minimum atomic E-state index is 0.0464. The molecule has 0 aromatic carbocycles. The van der Waals surface area contributed by atoms with Crippen LogP contribution in [0.2, 0.25) is 0 Å². The van der Waals surface area contributed by atoms with Crippen LogP contribution in [0.5, 0.6) is 0 Å². The molecule has 4 bridgehead atoms. The van der Waals surface area contributed by atoms with Gasteiger partial charge >= 0.3 is 0 Å². The normalized spacial score (nSPS) is 47.8. The van der Waals surface area contributed by atoms with Crippen molar-refractivity contribution in [3.63, 3.8) is 0 Å². The van der Waals surface area contributed by atoms with Crippen molar-refractivity contribution in [3.8, 4) is 0 Å². The number of hydrogen-bond acceptors (Lipinski definition) is 2. The highest BCUT2D eigenvalue weighted by Gasteiger charge is 2.54. The molecule has 5 rings (SSSR count). The quantitative estimate of drug-likeness (QED) is 0.851. The third-order valence-corrected chi connectivity index (χ3v) is 7.87. The summed E-state index contributed by atoms with van der Waals surface area (Å²) in [6.07, 6.45) is 11.6. The second-order valence-electron chi connectivity index (χ2n) is 8.26. The summed E-state index contributed by atoms with van der Waals surface area (Å²) in [5.74, 6) is 4.26. The van der Waals surface area contributed by atoms with E-state index in [2.05, 4.69) is 24.0 Å². The van der Waals surface area contributed by atoms with Gasteiger partial charge in [0, 0.05) is 16.7 Å².